The number of primary sulfonamides is 1. The van der Waals surface area contributed by atoms with Gasteiger partial charge in [0.2, 0.25) is 15.4 Å². The number of benzene rings is 1. The van der Waals surface area contributed by atoms with E-state index >= 15 is 0 Å². The van der Waals surface area contributed by atoms with E-state index < -0.39 is 24.4 Å². The Kier molecular flexibility index (Phi) is 6.25. The highest BCUT2D eigenvalue weighted by Gasteiger charge is 2.20. The van der Waals surface area contributed by atoms with Crippen molar-refractivity contribution >= 4 is 48.1 Å². The third kappa shape index (κ3) is 5.43. The summed E-state index contributed by atoms with van der Waals surface area (Å²) in [4.78, 5) is 11.5. The predicted octanol–water partition coefficient (Wildman–Crippen LogP) is -0.336. The van der Waals surface area contributed by atoms with Crippen LogP contribution in [0.2, 0.25) is 0 Å². The van der Waals surface area contributed by atoms with Crippen molar-refractivity contribution in [1.29, 1.82) is 0 Å². The minimum Gasteiger partial charge on any atom is -0.330 e. The van der Waals surface area contributed by atoms with Crippen LogP contribution in [0.15, 0.2) is 33.5 Å². The van der Waals surface area contributed by atoms with Crippen molar-refractivity contribution < 1.29 is 21.6 Å². The summed E-state index contributed by atoms with van der Waals surface area (Å²) in [6, 6.07) is 5.40. The molecular weight excluding hydrogens is 404 g/mol. The number of anilines is 2. The molecule has 6 N–H and O–H groups in total. The smallest absolute Gasteiger partial charge is 0.267 e. The van der Waals surface area contributed by atoms with Gasteiger partial charge in [-0.05, 0) is 37.2 Å². The Labute approximate surface area is 153 Å². The van der Waals surface area contributed by atoms with Crippen molar-refractivity contribution in [2.75, 3.05) is 16.6 Å². The highest BCUT2D eigenvalue weighted by Crippen LogP contribution is 2.22. The first-order valence-corrected chi connectivity index (χ1v) is 11.0. The number of nitrogens with one attached hydrogen (secondary N) is 2. The fourth-order valence-corrected chi connectivity index (χ4v) is 4.31. The normalized spacial score (nSPS) is 11.9. The molecule has 0 radical (unpaired) electrons. The SMILES string of the molecule is NCCCC(=O)Nc1ccc(S(=O)(=O)Nc2nnc(S(N)(=O)=O)s2)cc1. The third-order valence-corrected chi connectivity index (χ3v) is 6.56. The van der Waals surface area contributed by atoms with E-state index in [1.54, 1.807) is 0 Å². The molecule has 2 aromatic rings. The molecule has 14 heteroatoms. The Morgan fingerprint density at radius 3 is 2.31 bits per heavy atom. The summed E-state index contributed by atoms with van der Waals surface area (Å²) in [6.45, 7) is 0.398. The lowest BCUT2D eigenvalue weighted by Gasteiger charge is -2.07. The molecule has 1 heterocycles. The summed E-state index contributed by atoms with van der Waals surface area (Å²) in [5, 5.41) is 14.0. The van der Waals surface area contributed by atoms with Crippen LogP contribution in [0.1, 0.15) is 12.8 Å². The Morgan fingerprint density at radius 1 is 1.12 bits per heavy atom. The second-order valence-electron chi connectivity index (χ2n) is 4.99. The number of carbonyl (C=O) groups excluding carboxylic acids is 1. The van der Waals surface area contributed by atoms with E-state index in [0.29, 0.717) is 30.0 Å². The van der Waals surface area contributed by atoms with Gasteiger partial charge in [0.25, 0.3) is 20.0 Å². The zero-order chi connectivity index (χ0) is 19.4. The van der Waals surface area contributed by atoms with Gasteiger partial charge in [0.15, 0.2) is 0 Å². The van der Waals surface area contributed by atoms with Crippen LogP contribution in [0.25, 0.3) is 0 Å². The second-order valence-corrected chi connectivity index (χ2v) is 9.38. The molecule has 26 heavy (non-hydrogen) atoms. The van der Waals surface area contributed by atoms with Crippen LogP contribution in [0.3, 0.4) is 0 Å². The largest absolute Gasteiger partial charge is 0.330 e. The van der Waals surface area contributed by atoms with Crippen LogP contribution in [0.5, 0.6) is 0 Å². The van der Waals surface area contributed by atoms with E-state index in [0.717, 1.165) is 0 Å². The Bertz CT molecular complexity index is 985. The van der Waals surface area contributed by atoms with Gasteiger partial charge in [0, 0.05) is 12.1 Å². The maximum atomic E-state index is 12.3. The van der Waals surface area contributed by atoms with Crippen molar-refractivity contribution in [2.45, 2.75) is 22.1 Å². The van der Waals surface area contributed by atoms with Crippen molar-refractivity contribution in [3.8, 4) is 0 Å². The average molecular weight is 420 g/mol. The minimum atomic E-state index is -4.06. The first kappa shape index (κ1) is 20.2. The highest BCUT2D eigenvalue weighted by atomic mass is 32.2. The van der Waals surface area contributed by atoms with E-state index in [9.17, 15) is 21.6 Å². The zero-order valence-electron chi connectivity index (χ0n) is 13.2. The monoisotopic (exact) mass is 420 g/mol. The minimum absolute atomic E-state index is 0.107. The van der Waals surface area contributed by atoms with Crippen LogP contribution in [-0.2, 0) is 24.8 Å². The topological polar surface area (TPSA) is 187 Å². The number of rotatable bonds is 8. The van der Waals surface area contributed by atoms with Crippen LogP contribution in [0, 0.1) is 0 Å². The van der Waals surface area contributed by atoms with Gasteiger partial charge in [-0.1, -0.05) is 11.3 Å². The molecule has 1 aromatic heterocycles. The fourth-order valence-electron chi connectivity index (χ4n) is 1.74. The molecule has 0 aliphatic heterocycles. The lowest BCUT2D eigenvalue weighted by atomic mass is 10.2. The van der Waals surface area contributed by atoms with Gasteiger partial charge < -0.3 is 11.1 Å². The third-order valence-electron chi connectivity index (χ3n) is 2.93. The molecule has 11 nitrogen and oxygen atoms in total. The van der Waals surface area contributed by atoms with E-state index in [4.69, 9.17) is 10.9 Å². The maximum absolute atomic E-state index is 12.3. The molecule has 0 aliphatic carbocycles. The molecule has 0 saturated carbocycles. The van der Waals surface area contributed by atoms with Crippen LogP contribution in [-0.4, -0.2) is 39.5 Å². The summed E-state index contributed by atoms with van der Waals surface area (Å²) >= 11 is 0.488. The molecule has 0 spiro atoms. The molecule has 0 aliphatic rings. The first-order valence-electron chi connectivity index (χ1n) is 7.11. The Morgan fingerprint density at radius 2 is 1.77 bits per heavy atom. The lowest BCUT2D eigenvalue weighted by molar-refractivity contribution is -0.116. The fraction of sp³-hybridized carbons (Fsp3) is 0.250. The molecule has 142 valence electrons. The van der Waals surface area contributed by atoms with E-state index in [1.165, 1.54) is 24.3 Å². The first-order chi connectivity index (χ1) is 12.1. The van der Waals surface area contributed by atoms with Crippen molar-refractivity contribution in [3.63, 3.8) is 0 Å². The van der Waals surface area contributed by atoms with E-state index in [-0.39, 0.29) is 22.4 Å². The molecule has 0 saturated heterocycles. The molecular formula is C12H16N6O5S3. The number of nitrogens with two attached hydrogens (primary N) is 2. The van der Waals surface area contributed by atoms with Gasteiger partial charge in [-0.3, -0.25) is 9.52 Å². The highest BCUT2D eigenvalue weighted by molar-refractivity contribution is 7.93. The van der Waals surface area contributed by atoms with E-state index in [1.807, 2.05) is 0 Å². The molecule has 0 unspecified atom stereocenters. The van der Waals surface area contributed by atoms with Gasteiger partial charge >= 0.3 is 0 Å². The number of sulfonamides is 2. The van der Waals surface area contributed by atoms with Crippen molar-refractivity contribution in [2.24, 2.45) is 10.9 Å². The predicted molar refractivity (Wildman–Crippen MR) is 95.5 cm³/mol. The molecule has 0 atom stereocenters. The number of amides is 1. The number of carbonyl (C=O) groups is 1. The molecule has 1 aromatic carbocycles. The average Bonchev–Trinajstić information content (AvgIpc) is 3.01. The van der Waals surface area contributed by atoms with Crippen LogP contribution >= 0.6 is 11.3 Å². The van der Waals surface area contributed by atoms with Gasteiger partial charge in [0.05, 0.1) is 4.90 Å². The van der Waals surface area contributed by atoms with Gasteiger partial charge in [-0.15, -0.1) is 10.2 Å². The van der Waals surface area contributed by atoms with Gasteiger partial charge in [0.1, 0.15) is 0 Å². The summed E-state index contributed by atoms with van der Waals surface area (Å²) in [6.07, 6.45) is 0.812. The van der Waals surface area contributed by atoms with Gasteiger partial charge in [-0.25, -0.2) is 22.0 Å². The van der Waals surface area contributed by atoms with Crippen LogP contribution in [0.4, 0.5) is 10.8 Å². The lowest BCUT2D eigenvalue weighted by Crippen LogP contribution is -2.14. The molecule has 2 rings (SSSR count). The van der Waals surface area contributed by atoms with Crippen LogP contribution < -0.4 is 20.9 Å². The zero-order valence-corrected chi connectivity index (χ0v) is 15.7. The molecule has 0 bridgehead atoms. The summed E-state index contributed by atoms with van der Waals surface area (Å²) in [7, 11) is -8.08. The quantitative estimate of drug-likeness (QED) is 0.446. The van der Waals surface area contributed by atoms with Crippen molar-refractivity contribution in [3.05, 3.63) is 24.3 Å². The number of nitrogens with zero attached hydrogens (tertiary/aromatic N) is 2. The Balaban J connectivity index is 2.09. The Hall–Kier alpha value is -2.13. The summed E-state index contributed by atoms with van der Waals surface area (Å²) in [5.74, 6) is -0.228. The summed E-state index contributed by atoms with van der Waals surface area (Å²) in [5.41, 5.74) is 5.75. The number of hydrogen-bond donors (Lipinski definition) is 4. The standard InChI is InChI=1S/C12H16N6O5S3/c13-7-1-2-10(19)15-8-3-5-9(6-4-8)26(22,23)18-11-16-17-12(24-11)25(14,20)21/h3-6H,1-2,7,13H2,(H,15,19)(H,16,18)(H2,14,20,21). The maximum Gasteiger partial charge on any atom is 0.267 e. The second kappa shape index (κ2) is 8.05. The number of aromatic nitrogens is 2. The molecule has 1 amide bonds. The number of hydrogen-bond acceptors (Lipinski definition) is 9. The van der Waals surface area contributed by atoms with Gasteiger partial charge in [-0.2, -0.15) is 0 Å². The van der Waals surface area contributed by atoms with E-state index in [2.05, 4.69) is 20.2 Å². The van der Waals surface area contributed by atoms with Crippen molar-refractivity contribution in [1.82, 2.24) is 10.2 Å². The molecule has 0 fully saturated rings. The summed E-state index contributed by atoms with van der Waals surface area (Å²) < 4.78 is 48.4.